The summed E-state index contributed by atoms with van der Waals surface area (Å²) < 4.78 is 39.8. The lowest BCUT2D eigenvalue weighted by atomic mass is 10.1. The van der Waals surface area contributed by atoms with Crippen LogP contribution in [0.2, 0.25) is 0 Å². The van der Waals surface area contributed by atoms with Crippen LogP contribution in [0.3, 0.4) is 0 Å². The number of ether oxygens (including phenoxy) is 3. The highest BCUT2D eigenvalue weighted by atomic mass is 32.2. The highest BCUT2D eigenvalue weighted by molar-refractivity contribution is 7.94. The molecule has 0 aromatic heterocycles. The molecule has 1 amide bonds. The molecule has 0 aliphatic carbocycles. The number of fused-ring (bicyclic) bond motifs is 1. The van der Waals surface area contributed by atoms with Crippen LogP contribution in [0.4, 0.5) is 5.69 Å². The number of sulfone groups is 1. The summed E-state index contributed by atoms with van der Waals surface area (Å²) in [7, 11) is 0.873. The number of amides is 1. The van der Waals surface area contributed by atoms with Gasteiger partial charge in [-0.2, -0.15) is 5.26 Å². The lowest BCUT2D eigenvalue weighted by molar-refractivity contribution is -0.112. The first-order valence-corrected chi connectivity index (χ1v) is 10.2. The number of anilines is 1. The zero-order chi connectivity index (χ0) is 21.9. The molecule has 0 radical (unpaired) electrons. The number of nitrogens with one attached hydrogen (secondary N) is 1. The Hall–Kier alpha value is -3.77. The van der Waals surface area contributed by atoms with Crippen molar-refractivity contribution in [1.82, 2.24) is 0 Å². The Labute approximate surface area is 173 Å². The van der Waals surface area contributed by atoms with Crippen LogP contribution in [0.15, 0.2) is 46.2 Å². The van der Waals surface area contributed by atoms with Gasteiger partial charge >= 0.3 is 0 Å². The summed E-state index contributed by atoms with van der Waals surface area (Å²) in [5, 5.41) is 13.1. The Balaban J connectivity index is 1.91. The topological polar surface area (TPSA) is 115 Å². The highest BCUT2D eigenvalue weighted by Crippen LogP contribution is 2.38. The summed E-state index contributed by atoms with van der Waals surface area (Å²) in [5.41, 5.74) is 1.10. The number of nitrogens with zero attached hydrogens (tertiary/aromatic N) is 1. The van der Waals surface area contributed by atoms with Crippen LogP contribution >= 0.6 is 0 Å². The lowest BCUT2D eigenvalue weighted by Crippen LogP contribution is -2.13. The predicted molar refractivity (Wildman–Crippen MR) is 111 cm³/mol. The molecule has 1 N–H and O–H groups in total. The van der Waals surface area contributed by atoms with Gasteiger partial charge in [-0.3, -0.25) is 4.79 Å². The van der Waals surface area contributed by atoms with E-state index in [1.807, 2.05) is 6.07 Å². The average molecular weight is 426 g/mol. The van der Waals surface area contributed by atoms with Crippen LogP contribution in [0.1, 0.15) is 11.1 Å². The Bertz CT molecular complexity index is 1200. The first-order chi connectivity index (χ1) is 14.3. The summed E-state index contributed by atoms with van der Waals surface area (Å²) >= 11 is 0. The van der Waals surface area contributed by atoms with Gasteiger partial charge in [0.25, 0.3) is 5.91 Å². The highest BCUT2D eigenvalue weighted by Gasteiger charge is 2.21. The minimum Gasteiger partial charge on any atom is -0.493 e. The summed E-state index contributed by atoms with van der Waals surface area (Å²) in [6.07, 6.45) is 2.85. The fourth-order valence-corrected chi connectivity index (χ4v) is 4.16. The molecule has 0 fully saturated rings. The maximum absolute atomic E-state index is 12.6. The summed E-state index contributed by atoms with van der Waals surface area (Å²) in [4.78, 5) is 12.7. The molecule has 8 nitrogen and oxygen atoms in total. The van der Waals surface area contributed by atoms with E-state index in [9.17, 15) is 18.5 Å². The molecule has 30 heavy (non-hydrogen) atoms. The molecule has 2 aromatic carbocycles. The molecule has 1 aliphatic heterocycles. The monoisotopic (exact) mass is 426 g/mol. The molecule has 1 aliphatic rings. The molecule has 0 unspecified atom stereocenters. The SMILES string of the molecule is COc1cc(/C=C(\C#N)C(=O)Nc2ccc3c(c2)S(=O)(=O)C=C3)cc(OC)c1OC. The Kier molecular flexibility index (Phi) is 5.80. The molecule has 1 heterocycles. The second-order valence-electron chi connectivity index (χ2n) is 6.18. The van der Waals surface area contributed by atoms with Crippen molar-refractivity contribution in [3.63, 3.8) is 0 Å². The van der Waals surface area contributed by atoms with Gasteiger partial charge in [-0.25, -0.2) is 8.42 Å². The molecule has 0 saturated carbocycles. The van der Waals surface area contributed by atoms with Crippen molar-refractivity contribution in [2.24, 2.45) is 0 Å². The smallest absolute Gasteiger partial charge is 0.266 e. The second kappa shape index (κ2) is 8.31. The van der Waals surface area contributed by atoms with Gasteiger partial charge in [-0.1, -0.05) is 6.07 Å². The van der Waals surface area contributed by atoms with E-state index in [-0.39, 0.29) is 16.2 Å². The van der Waals surface area contributed by atoms with Crippen LogP contribution in [0.5, 0.6) is 17.2 Å². The van der Waals surface area contributed by atoms with E-state index in [4.69, 9.17) is 14.2 Å². The van der Waals surface area contributed by atoms with Gasteiger partial charge < -0.3 is 19.5 Å². The number of carbonyl (C=O) groups excluding carboxylic acids is 1. The zero-order valence-corrected chi connectivity index (χ0v) is 17.2. The van der Waals surface area contributed by atoms with Gasteiger partial charge in [0, 0.05) is 11.1 Å². The average Bonchev–Trinajstić information content (AvgIpc) is 3.05. The van der Waals surface area contributed by atoms with Gasteiger partial charge in [0.15, 0.2) is 11.5 Å². The number of hydrogen-bond donors (Lipinski definition) is 1. The number of hydrogen-bond acceptors (Lipinski definition) is 7. The Morgan fingerprint density at radius 1 is 1.07 bits per heavy atom. The third kappa shape index (κ3) is 3.99. The third-order valence-electron chi connectivity index (χ3n) is 4.37. The predicted octanol–water partition coefficient (Wildman–Crippen LogP) is 3.02. The largest absolute Gasteiger partial charge is 0.493 e. The van der Waals surface area contributed by atoms with E-state index in [1.54, 1.807) is 24.3 Å². The third-order valence-corrected chi connectivity index (χ3v) is 5.83. The quantitative estimate of drug-likeness (QED) is 0.558. The van der Waals surface area contributed by atoms with E-state index in [1.165, 1.54) is 39.5 Å². The van der Waals surface area contributed by atoms with Crippen molar-refractivity contribution < 1.29 is 27.4 Å². The second-order valence-corrected chi connectivity index (χ2v) is 7.98. The van der Waals surface area contributed by atoms with Gasteiger partial charge in [-0.15, -0.1) is 0 Å². The zero-order valence-electron chi connectivity index (χ0n) is 16.4. The number of carbonyl (C=O) groups is 1. The number of benzene rings is 2. The van der Waals surface area contributed by atoms with Crippen LogP contribution < -0.4 is 19.5 Å². The standard InChI is InChI=1S/C21H18N2O6S/c1-27-17-9-13(10-18(28-2)20(17)29-3)8-15(12-22)21(24)23-16-5-4-14-6-7-30(25,26)19(14)11-16/h4-11H,1-3H3,(H,23,24)/b15-8+. The van der Waals surface area contributed by atoms with E-state index in [0.29, 0.717) is 28.4 Å². The van der Waals surface area contributed by atoms with E-state index in [2.05, 4.69) is 5.32 Å². The molecule has 0 saturated heterocycles. The van der Waals surface area contributed by atoms with Crippen molar-refractivity contribution in [1.29, 1.82) is 5.26 Å². The molecule has 0 atom stereocenters. The van der Waals surface area contributed by atoms with Crippen molar-refractivity contribution >= 4 is 33.6 Å². The number of nitriles is 1. The van der Waals surface area contributed by atoms with E-state index < -0.39 is 15.7 Å². The minimum absolute atomic E-state index is 0.104. The van der Waals surface area contributed by atoms with Crippen LogP contribution in [0, 0.1) is 11.3 Å². The lowest BCUT2D eigenvalue weighted by Gasteiger charge is -2.13. The molecule has 0 spiro atoms. The van der Waals surface area contributed by atoms with Crippen LogP contribution in [-0.2, 0) is 14.6 Å². The number of methoxy groups -OCH3 is 3. The maximum Gasteiger partial charge on any atom is 0.266 e. The van der Waals surface area contributed by atoms with Gasteiger partial charge in [-0.05, 0) is 47.5 Å². The molecule has 0 bridgehead atoms. The normalized spacial score (nSPS) is 13.9. The molecular formula is C21H18N2O6S. The first kappa shape index (κ1) is 21.0. The van der Waals surface area contributed by atoms with Gasteiger partial charge in [0.05, 0.1) is 26.2 Å². The fourth-order valence-electron chi connectivity index (χ4n) is 2.93. The van der Waals surface area contributed by atoms with Gasteiger partial charge in [0.1, 0.15) is 11.6 Å². The van der Waals surface area contributed by atoms with Crippen LogP contribution in [0.25, 0.3) is 12.2 Å². The van der Waals surface area contributed by atoms with Crippen molar-refractivity contribution in [2.45, 2.75) is 4.90 Å². The van der Waals surface area contributed by atoms with E-state index in [0.717, 1.165) is 5.41 Å². The van der Waals surface area contributed by atoms with Crippen molar-refractivity contribution in [2.75, 3.05) is 26.6 Å². The molecular weight excluding hydrogens is 408 g/mol. The maximum atomic E-state index is 12.6. The fraction of sp³-hybridized carbons (Fsp3) is 0.143. The molecule has 3 rings (SSSR count). The summed E-state index contributed by atoms with van der Waals surface area (Å²) in [5.74, 6) is 0.442. The summed E-state index contributed by atoms with van der Waals surface area (Å²) in [6.45, 7) is 0. The molecule has 154 valence electrons. The van der Waals surface area contributed by atoms with Gasteiger partial charge in [0.2, 0.25) is 15.6 Å². The Morgan fingerprint density at radius 2 is 1.73 bits per heavy atom. The molecule has 9 heteroatoms. The van der Waals surface area contributed by atoms with E-state index >= 15 is 0 Å². The van der Waals surface area contributed by atoms with Crippen molar-refractivity contribution in [3.8, 4) is 23.3 Å². The number of rotatable bonds is 6. The first-order valence-electron chi connectivity index (χ1n) is 8.63. The molecule has 2 aromatic rings. The Morgan fingerprint density at radius 3 is 2.30 bits per heavy atom. The summed E-state index contributed by atoms with van der Waals surface area (Å²) in [6, 6.07) is 9.55. The minimum atomic E-state index is -3.51. The van der Waals surface area contributed by atoms with Crippen LogP contribution in [-0.4, -0.2) is 35.7 Å². The van der Waals surface area contributed by atoms with Crippen molar-refractivity contribution in [3.05, 3.63) is 52.4 Å².